The summed E-state index contributed by atoms with van der Waals surface area (Å²) in [5.74, 6) is 0. The molecular weight excluding hydrogens is 218 g/mol. The van der Waals surface area contributed by atoms with Gasteiger partial charge in [-0.1, -0.05) is 6.08 Å². The summed E-state index contributed by atoms with van der Waals surface area (Å²) in [4.78, 5) is 10.5. The Bertz CT molecular complexity index is 193. The first-order valence-corrected chi connectivity index (χ1v) is 5.74. The van der Waals surface area contributed by atoms with Gasteiger partial charge in [0.1, 0.15) is 13.7 Å². The molecular formula is C7H14NaO5P. The van der Waals surface area contributed by atoms with Gasteiger partial charge in [0.05, 0.1) is 19.8 Å². The van der Waals surface area contributed by atoms with Gasteiger partial charge in [0.25, 0.3) is 0 Å². The van der Waals surface area contributed by atoms with Crippen LogP contribution in [0.3, 0.4) is 0 Å². The molecule has 1 N–H and O–H groups in total. The number of hydrogen-bond acceptors (Lipinski definition) is 5. The number of aliphatic hydroxyl groups is 1. The Morgan fingerprint density at radius 3 is 2.64 bits per heavy atom. The number of hydrogen-bond donors (Lipinski definition) is 1. The summed E-state index contributed by atoms with van der Waals surface area (Å²) in [5.41, 5.74) is 0. The fraction of sp³-hybridized carbons (Fsp3) is 0.714. The molecule has 0 aromatic heterocycles. The van der Waals surface area contributed by atoms with Crippen LogP contribution < -0.4 is 34.5 Å². The van der Waals surface area contributed by atoms with Crippen molar-refractivity contribution in [2.75, 3.05) is 26.5 Å². The van der Waals surface area contributed by atoms with Crippen LogP contribution >= 0.6 is 7.60 Å². The van der Waals surface area contributed by atoms with Crippen molar-refractivity contribution in [1.29, 1.82) is 0 Å². The van der Waals surface area contributed by atoms with E-state index in [1.165, 1.54) is 6.08 Å². The van der Waals surface area contributed by atoms with Gasteiger partial charge in [0, 0.05) is 6.66 Å². The van der Waals surface area contributed by atoms with Gasteiger partial charge in [-0.25, -0.2) is 0 Å². The van der Waals surface area contributed by atoms with E-state index in [4.69, 9.17) is 9.84 Å². The molecule has 0 aromatic carbocycles. The normalized spacial score (nSPS) is 16.5. The van der Waals surface area contributed by atoms with E-state index >= 15 is 0 Å². The van der Waals surface area contributed by atoms with Gasteiger partial charge < -0.3 is 23.8 Å². The Labute approximate surface area is 106 Å². The van der Waals surface area contributed by atoms with Crippen molar-refractivity contribution in [2.45, 2.75) is 6.10 Å². The van der Waals surface area contributed by atoms with Crippen LogP contribution in [-0.4, -0.2) is 37.7 Å². The standard InChI is InChI=1S/C7H15O5P.Na/c1-3-4-11-5-7(8)6-12-13(2,9)10;/h3,7-8H,1,4-6H2,2H3,(H,9,10);/q;+1/p-1. The summed E-state index contributed by atoms with van der Waals surface area (Å²) in [6.07, 6.45) is 0.605. The molecule has 0 fully saturated rings. The Hall–Kier alpha value is 0.810. The van der Waals surface area contributed by atoms with Crippen molar-refractivity contribution in [3.63, 3.8) is 0 Å². The van der Waals surface area contributed by atoms with Gasteiger partial charge in [-0.15, -0.1) is 6.58 Å². The number of rotatable bonds is 7. The van der Waals surface area contributed by atoms with Crippen LogP contribution in [0, 0.1) is 0 Å². The fourth-order valence-corrected chi connectivity index (χ4v) is 1.000. The molecule has 0 rings (SSSR count). The van der Waals surface area contributed by atoms with Gasteiger partial charge in [0.15, 0.2) is 0 Å². The smallest absolute Gasteiger partial charge is 0.779 e. The first-order valence-electron chi connectivity index (χ1n) is 3.75. The zero-order valence-corrected chi connectivity index (χ0v) is 11.4. The van der Waals surface area contributed by atoms with Crippen molar-refractivity contribution >= 4 is 7.60 Å². The molecule has 0 bridgehead atoms. The monoisotopic (exact) mass is 232 g/mol. The van der Waals surface area contributed by atoms with Gasteiger partial charge in [-0.3, -0.25) is 0 Å². The molecule has 0 aliphatic heterocycles. The van der Waals surface area contributed by atoms with Gasteiger partial charge in [0.2, 0.25) is 0 Å². The van der Waals surface area contributed by atoms with Crippen molar-refractivity contribution in [3.8, 4) is 0 Å². The SMILES string of the molecule is C=CCOCC(O)COP(C)(=O)[O-].[Na+]. The van der Waals surface area contributed by atoms with Crippen LogP contribution in [-0.2, 0) is 13.8 Å². The quantitative estimate of drug-likeness (QED) is 0.216. The molecule has 0 amide bonds. The van der Waals surface area contributed by atoms with Crippen molar-refractivity contribution in [3.05, 3.63) is 12.7 Å². The third-order valence-corrected chi connectivity index (χ3v) is 1.67. The molecule has 78 valence electrons. The van der Waals surface area contributed by atoms with Crippen molar-refractivity contribution in [2.24, 2.45) is 0 Å². The Morgan fingerprint density at radius 2 is 2.21 bits per heavy atom. The molecule has 0 aromatic rings. The van der Waals surface area contributed by atoms with E-state index in [1.807, 2.05) is 0 Å². The van der Waals surface area contributed by atoms with E-state index in [0.717, 1.165) is 6.66 Å². The molecule has 2 unspecified atom stereocenters. The largest absolute Gasteiger partial charge is 1.00 e. The average molecular weight is 232 g/mol. The summed E-state index contributed by atoms with van der Waals surface area (Å²) in [5, 5.41) is 9.09. The van der Waals surface area contributed by atoms with Gasteiger partial charge in [-0.05, 0) is 0 Å². The van der Waals surface area contributed by atoms with E-state index in [-0.39, 0.29) is 42.8 Å². The number of ether oxygens (including phenoxy) is 1. The van der Waals surface area contributed by atoms with Crippen LogP contribution in [0.5, 0.6) is 0 Å². The van der Waals surface area contributed by atoms with E-state index in [1.54, 1.807) is 0 Å². The minimum absolute atomic E-state index is 0. The molecule has 0 radical (unpaired) electrons. The average Bonchev–Trinajstić information content (AvgIpc) is 2.00. The van der Waals surface area contributed by atoms with Crippen LogP contribution in [0.4, 0.5) is 0 Å². The van der Waals surface area contributed by atoms with Crippen molar-refractivity contribution < 1.29 is 53.4 Å². The molecule has 14 heavy (non-hydrogen) atoms. The molecule has 0 spiro atoms. The predicted octanol–water partition coefficient (Wildman–Crippen LogP) is -3.25. The van der Waals surface area contributed by atoms with Gasteiger partial charge in [-0.2, -0.15) is 0 Å². The third-order valence-electron chi connectivity index (χ3n) is 1.05. The molecule has 5 nitrogen and oxygen atoms in total. The Kier molecular flexibility index (Phi) is 11.1. The molecule has 0 aliphatic rings. The predicted molar refractivity (Wildman–Crippen MR) is 46.5 cm³/mol. The minimum atomic E-state index is -3.74. The first kappa shape index (κ1) is 17.2. The first-order chi connectivity index (χ1) is 5.95. The second-order valence-electron chi connectivity index (χ2n) is 2.55. The second kappa shape index (κ2) is 9.07. The third kappa shape index (κ3) is 12.8. The molecule has 2 atom stereocenters. The summed E-state index contributed by atoms with van der Waals surface area (Å²) >= 11 is 0. The summed E-state index contributed by atoms with van der Waals surface area (Å²) in [6, 6.07) is 0. The van der Waals surface area contributed by atoms with E-state index in [0.29, 0.717) is 6.61 Å². The fourth-order valence-electron chi connectivity index (χ4n) is 0.557. The summed E-state index contributed by atoms with van der Waals surface area (Å²) < 4.78 is 19.7. The second-order valence-corrected chi connectivity index (χ2v) is 4.35. The maximum Gasteiger partial charge on any atom is 1.00 e. The Balaban J connectivity index is 0. The maximum absolute atomic E-state index is 10.5. The Morgan fingerprint density at radius 1 is 1.64 bits per heavy atom. The summed E-state index contributed by atoms with van der Waals surface area (Å²) in [6.45, 7) is 4.44. The topological polar surface area (TPSA) is 78.8 Å². The maximum atomic E-state index is 10.5. The van der Waals surface area contributed by atoms with Crippen LogP contribution in [0.1, 0.15) is 0 Å². The molecule has 7 heteroatoms. The zero-order valence-electron chi connectivity index (χ0n) is 8.51. The minimum Gasteiger partial charge on any atom is -0.779 e. The van der Waals surface area contributed by atoms with E-state index < -0.39 is 13.7 Å². The van der Waals surface area contributed by atoms with Crippen LogP contribution in [0.15, 0.2) is 12.7 Å². The van der Waals surface area contributed by atoms with E-state index in [2.05, 4.69) is 11.1 Å². The molecule has 0 heterocycles. The van der Waals surface area contributed by atoms with Crippen LogP contribution in [0.2, 0.25) is 0 Å². The zero-order chi connectivity index (χ0) is 10.3. The van der Waals surface area contributed by atoms with Crippen molar-refractivity contribution in [1.82, 2.24) is 0 Å². The number of aliphatic hydroxyl groups excluding tert-OH is 1. The van der Waals surface area contributed by atoms with E-state index in [9.17, 15) is 9.46 Å². The molecule has 0 saturated heterocycles. The molecule has 0 saturated carbocycles. The van der Waals surface area contributed by atoms with Crippen LogP contribution in [0.25, 0.3) is 0 Å². The van der Waals surface area contributed by atoms with Gasteiger partial charge >= 0.3 is 29.6 Å². The summed E-state index contributed by atoms with van der Waals surface area (Å²) in [7, 11) is -3.74. The molecule has 0 aliphatic carbocycles.